The fourth-order valence-electron chi connectivity index (χ4n) is 3.41. The van der Waals surface area contributed by atoms with E-state index < -0.39 is 46.7 Å². The van der Waals surface area contributed by atoms with Crippen LogP contribution in [0, 0.1) is 5.41 Å². The molecular formula is C23H20F6N6O3S. The SMILES string of the molecule is N=Cc1cc(/C=C2\SC(=O)N(CCON=C(N)N)C2=O)ccc1NCc1ccc(C(F)(F)F)cc1C(F)(F)F. The number of nitrogens with one attached hydrogen (secondary N) is 2. The summed E-state index contributed by atoms with van der Waals surface area (Å²) in [6.45, 7) is -0.734. The zero-order chi connectivity index (χ0) is 29.0. The van der Waals surface area contributed by atoms with Gasteiger partial charge in [0, 0.05) is 24.0 Å². The van der Waals surface area contributed by atoms with Crippen molar-refractivity contribution in [2.24, 2.45) is 16.6 Å². The number of halogens is 6. The molecule has 1 fully saturated rings. The molecule has 0 atom stereocenters. The maximum absolute atomic E-state index is 13.4. The zero-order valence-corrected chi connectivity index (χ0v) is 20.5. The first-order valence-electron chi connectivity index (χ1n) is 10.8. The molecule has 1 heterocycles. The number of nitrogens with two attached hydrogens (primary N) is 2. The monoisotopic (exact) mass is 574 g/mol. The summed E-state index contributed by atoms with van der Waals surface area (Å²) in [6.07, 6.45) is -7.65. The van der Waals surface area contributed by atoms with Gasteiger partial charge in [-0.2, -0.15) is 26.3 Å². The summed E-state index contributed by atoms with van der Waals surface area (Å²) in [5.74, 6) is -0.928. The van der Waals surface area contributed by atoms with Crippen LogP contribution in [0.4, 0.5) is 36.8 Å². The molecule has 2 amide bonds. The Kier molecular flexibility index (Phi) is 8.78. The number of oxime groups is 1. The Morgan fingerprint density at radius 3 is 2.41 bits per heavy atom. The van der Waals surface area contributed by atoms with Crippen molar-refractivity contribution in [3.8, 4) is 0 Å². The standard InChI is InChI=1S/C23H20F6N6O3S/c24-22(25,26)15-3-2-13(16(9-15)23(27,28)29)11-33-17-4-1-12(7-14(17)10-30)8-18-19(36)35(21(37)39-18)5-6-38-34-20(31)32/h1-4,7-10,30,33H,5-6,11H2,(H4,31,32,34)/b18-8-,30-10?. The summed E-state index contributed by atoms with van der Waals surface area (Å²) in [6, 6.07) is 5.72. The van der Waals surface area contributed by atoms with Gasteiger partial charge in [-0.3, -0.25) is 14.5 Å². The summed E-state index contributed by atoms with van der Waals surface area (Å²) < 4.78 is 79.0. The Balaban J connectivity index is 1.76. The Bertz CT molecular complexity index is 1340. The Labute approximate surface area is 221 Å². The summed E-state index contributed by atoms with van der Waals surface area (Å²) in [7, 11) is 0. The molecule has 3 rings (SSSR count). The van der Waals surface area contributed by atoms with Gasteiger partial charge in [0.1, 0.15) is 6.61 Å². The van der Waals surface area contributed by atoms with Gasteiger partial charge in [-0.05, 0) is 58.4 Å². The van der Waals surface area contributed by atoms with Gasteiger partial charge in [-0.15, -0.1) is 0 Å². The number of anilines is 1. The van der Waals surface area contributed by atoms with Crippen LogP contribution in [0.3, 0.4) is 0 Å². The number of guanidine groups is 1. The van der Waals surface area contributed by atoms with Crippen LogP contribution in [-0.2, 0) is 28.5 Å². The Morgan fingerprint density at radius 2 is 1.79 bits per heavy atom. The molecule has 16 heteroatoms. The first-order chi connectivity index (χ1) is 18.2. The molecule has 1 saturated heterocycles. The van der Waals surface area contributed by atoms with Crippen LogP contribution in [0.25, 0.3) is 6.08 Å². The minimum atomic E-state index is -5.02. The van der Waals surface area contributed by atoms with E-state index in [1.54, 1.807) is 0 Å². The molecule has 208 valence electrons. The maximum Gasteiger partial charge on any atom is 0.416 e. The van der Waals surface area contributed by atoms with Crippen molar-refractivity contribution in [1.82, 2.24) is 4.90 Å². The number of thioether (sulfide) groups is 1. The van der Waals surface area contributed by atoms with Crippen molar-refractivity contribution in [2.75, 3.05) is 18.5 Å². The number of hydrogen-bond donors (Lipinski definition) is 4. The van der Waals surface area contributed by atoms with Crippen molar-refractivity contribution in [3.63, 3.8) is 0 Å². The van der Waals surface area contributed by atoms with Crippen LogP contribution >= 0.6 is 11.8 Å². The van der Waals surface area contributed by atoms with E-state index >= 15 is 0 Å². The number of carbonyl (C=O) groups is 2. The van der Waals surface area contributed by atoms with Crippen LogP contribution in [0.2, 0.25) is 0 Å². The largest absolute Gasteiger partial charge is 0.416 e. The van der Waals surface area contributed by atoms with Crippen molar-refractivity contribution in [1.29, 1.82) is 5.41 Å². The molecular weight excluding hydrogens is 554 g/mol. The van der Waals surface area contributed by atoms with Gasteiger partial charge >= 0.3 is 12.4 Å². The summed E-state index contributed by atoms with van der Waals surface area (Å²) in [5.41, 5.74) is 7.80. The first-order valence-corrected chi connectivity index (χ1v) is 11.6. The van der Waals surface area contributed by atoms with Crippen LogP contribution in [0.1, 0.15) is 27.8 Å². The molecule has 0 aromatic heterocycles. The quantitative estimate of drug-likeness (QED) is 0.0857. The highest BCUT2D eigenvalue weighted by Crippen LogP contribution is 2.38. The molecule has 0 radical (unpaired) electrons. The molecule has 2 aromatic rings. The van der Waals surface area contributed by atoms with Gasteiger partial charge in [0.15, 0.2) is 0 Å². The second-order valence-electron chi connectivity index (χ2n) is 7.89. The van der Waals surface area contributed by atoms with Crippen LogP contribution in [-0.4, -0.2) is 41.4 Å². The van der Waals surface area contributed by atoms with Gasteiger partial charge in [-0.1, -0.05) is 12.1 Å². The number of amides is 2. The van der Waals surface area contributed by atoms with E-state index in [1.165, 1.54) is 24.3 Å². The Hall–Kier alpha value is -4.21. The molecule has 2 aromatic carbocycles. The maximum atomic E-state index is 13.4. The van der Waals surface area contributed by atoms with Gasteiger partial charge < -0.3 is 27.0 Å². The van der Waals surface area contributed by atoms with Crippen LogP contribution in [0.15, 0.2) is 46.5 Å². The van der Waals surface area contributed by atoms with Crippen LogP contribution < -0.4 is 16.8 Å². The molecule has 0 bridgehead atoms. The van der Waals surface area contributed by atoms with Crippen molar-refractivity contribution in [3.05, 3.63) is 69.1 Å². The van der Waals surface area contributed by atoms with Gasteiger partial charge in [0.05, 0.1) is 22.6 Å². The molecule has 9 nitrogen and oxygen atoms in total. The lowest BCUT2D eigenvalue weighted by Crippen LogP contribution is -2.31. The van der Waals surface area contributed by atoms with Gasteiger partial charge in [0.2, 0.25) is 5.96 Å². The van der Waals surface area contributed by atoms with Gasteiger partial charge in [-0.25, -0.2) is 0 Å². The first kappa shape index (κ1) is 29.3. The molecule has 0 spiro atoms. The fourth-order valence-corrected chi connectivity index (χ4v) is 4.27. The third-order valence-electron chi connectivity index (χ3n) is 5.19. The summed E-state index contributed by atoms with van der Waals surface area (Å²) in [5, 5.41) is 13.1. The molecule has 0 unspecified atom stereocenters. The van der Waals surface area contributed by atoms with E-state index in [0.717, 1.165) is 17.2 Å². The van der Waals surface area contributed by atoms with E-state index in [4.69, 9.17) is 21.7 Å². The lowest BCUT2D eigenvalue weighted by molar-refractivity contribution is -0.143. The van der Waals surface area contributed by atoms with Crippen molar-refractivity contribution < 1.29 is 40.8 Å². The average molecular weight is 575 g/mol. The predicted molar refractivity (Wildman–Crippen MR) is 133 cm³/mol. The topological polar surface area (TPSA) is 147 Å². The minimum Gasteiger partial charge on any atom is -0.391 e. The highest BCUT2D eigenvalue weighted by molar-refractivity contribution is 8.18. The van der Waals surface area contributed by atoms with Crippen LogP contribution in [0.5, 0.6) is 0 Å². The number of nitrogens with zero attached hydrogens (tertiary/aromatic N) is 2. The molecule has 6 N–H and O–H groups in total. The van der Waals surface area contributed by atoms with E-state index in [-0.39, 0.29) is 41.3 Å². The van der Waals surface area contributed by atoms with Crippen molar-refractivity contribution in [2.45, 2.75) is 18.9 Å². The highest BCUT2D eigenvalue weighted by atomic mass is 32.2. The van der Waals surface area contributed by atoms with E-state index in [9.17, 15) is 35.9 Å². The molecule has 1 aliphatic rings. The molecule has 39 heavy (non-hydrogen) atoms. The van der Waals surface area contributed by atoms with Gasteiger partial charge in [0.25, 0.3) is 11.1 Å². The van der Waals surface area contributed by atoms with E-state index in [2.05, 4.69) is 10.5 Å². The number of imide groups is 1. The number of benzene rings is 2. The third-order valence-corrected chi connectivity index (χ3v) is 6.10. The molecule has 0 saturated carbocycles. The number of alkyl halides is 6. The summed E-state index contributed by atoms with van der Waals surface area (Å²) >= 11 is 0.671. The van der Waals surface area contributed by atoms with Crippen molar-refractivity contribution >= 4 is 46.8 Å². The molecule has 0 aliphatic carbocycles. The molecule has 1 aliphatic heterocycles. The highest BCUT2D eigenvalue weighted by Gasteiger charge is 2.38. The normalized spacial score (nSPS) is 15.0. The fraction of sp³-hybridized carbons (Fsp3) is 0.217. The second-order valence-corrected chi connectivity index (χ2v) is 8.89. The average Bonchev–Trinajstić information content (AvgIpc) is 3.11. The van der Waals surface area contributed by atoms with E-state index in [0.29, 0.717) is 23.4 Å². The number of carbonyl (C=O) groups excluding carboxylic acids is 2. The number of rotatable bonds is 9. The lowest BCUT2D eigenvalue weighted by atomic mass is 10.0. The lowest BCUT2D eigenvalue weighted by Gasteiger charge is -2.17. The predicted octanol–water partition coefficient (Wildman–Crippen LogP) is 4.58. The summed E-state index contributed by atoms with van der Waals surface area (Å²) in [4.78, 5) is 30.5. The second kappa shape index (κ2) is 11.7. The third kappa shape index (κ3) is 7.43. The zero-order valence-electron chi connectivity index (χ0n) is 19.7. The van der Waals surface area contributed by atoms with E-state index in [1.807, 2.05) is 0 Å². The minimum absolute atomic E-state index is 0.0533. The smallest absolute Gasteiger partial charge is 0.391 e. The Morgan fingerprint density at radius 1 is 1.08 bits per heavy atom. The number of hydrogen-bond acceptors (Lipinski definition) is 7.